The second-order valence-electron chi connectivity index (χ2n) is 6.99. The van der Waals surface area contributed by atoms with Crippen molar-refractivity contribution in [2.24, 2.45) is 5.92 Å². The number of piperidine rings is 1. The molecule has 3 aromatic rings. The topological polar surface area (TPSA) is 74.3 Å². The zero-order valence-corrected chi connectivity index (χ0v) is 16.7. The number of para-hydroxylation sites is 1. The fourth-order valence-electron chi connectivity index (χ4n) is 3.41. The molecular weight excluding hydrogens is 384 g/mol. The molecule has 6 nitrogen and oxygen atoms in total. The number of anilines is 2. The van der Waals surface area contributed by atoms with E-state index in [-0.39, 0.29) is 17.9 Å². The Labute approximate surface area is 173 Å². The van der Waals surface area contributed by atoms with Crippen molar-refractivity contribution in [3.8, 4) is 10.6 Å². The van der Waals surface area contributed by atoms with E-state index in [1.54, 1.807) is 22.4 Å². The molecule has 2 N–H and O–H groups in total. The van der Waals surface area contributed by atoms with E-state index in [9.17, 15) is 9.59 Å². The van der Waals surface area contributed by atoms with E-state index < -0.39 is 0 Å². The van der Waals surface area contributed by atoms with Crippen molar-refractivity contribution < 1.29 is 9.59 Å². The first-order chi connectivity index (χ1) is 14.2. The van der Waals surface area contributed by atoms with Gasteiger partial charge in [-0.25, -0.2) is 9.78 Å². The van der Waals surface area contributed by atoms with Gasteiger partial charge in [0.1, 0.15) is 5.01 Å². The van der Waals surface area contributed by atoms with Gasteiger partial charge in [0.2, 0.25) is 5.91 Å². The molecule has 2 heterocycles. The number of nitrogens with one attached hydrogen (secondary N) is 2. The van der Waals surface area contributed by atoms with Gasteiger partial charge in [0, 0.05) is 41.6 Å². The van der Waals surface area contributed by atoms with Crippen LogP contribution in [0.2, 0.25) is 0 Å². The number of thiazole rings is 1. The van der Waals surface area contributed by atoms with Crippen LogP contribution in [0.5, 0.6) is 0 Å². The molecule has 1 atom stereocenters. The third-order valence-electron chi connectivity index (χ3n) is 4.94. The minimum absolute atomic E-state index is 0.0403. The summed E-state index contributed by atoms with van der Waals surface area (Å²) >= 11 is 1.58. The van der Waals surface area contributed by atoms with Crippen LogP contribution in [-0.2, 0) is 4.79 Å². The normalized spacial score (nSPS) is 16.3. The number of hydrogen-bond donors (Lipinski definition) is 2. The Morgan fingerprint density at radius 3 is 2.48 bits per heavy atom. The number of carbonyl (C=O) groups is 2. The molecule has 0 spiro atoms. The molecule has 0 bridgehead atoms. The summed E-state index contributed by atoms with van der Waals surface area (Å²) in [6.07, 6.45) is 3.37. The second-order valence-corrected chi connectivity index (χ2v) is 7.88. The lowest BCUT2D eigenvalue weighted by Crippen LogP contribution is -2.45. The SMILES string of the molecule is O=C(Nc1ccccc1)[C@@H]1CCCN(C(=O)Nc2ccc(-c3nccs3)cc2)C1. The predicted molar refractivity (Wildman–Crippen MR) is 116 cm³/mol. The van der Waals surface area contributed by atoms with E-state index in [0.29, 0.717) is 13.1 Å². The van der Waals surface area contributed by atoms with Crippen molar-refractivity contribution in [1.29, 1.82) is 0 Å². The van der Waals surface area contributed by atoms with Gasteiger partial charge in [0.05, 0.1) is 5.92 Å². The molecule has 0 unspecified atom stereocenters. The number of likely N-dealkylation sites (tertiary alicyclic amines) is 1. The Morgan fingerprint density at radius 2 is 1.76 bits per heavy atom. The number of carbonyl (C=O) groups excluding carboxylic acids is 2. The third-order valence-corrected chi connectivity index (χ3v) is 5.76. The molecule has 0 saturated carbocycles. The van der Waals surface area contributed by atoms with E-state index in [1.807, 2.05) is 60.0 Å². The summed E-state index contributed by atoms with van der Waals surface area (Å²) in [4.78, 5) is 31.3. The number of benzene rings is 2. The van der Waals surface area contributed by atoms with Crippen LogP contribution in [0.3, 0.4) is 0 Å². The number of hydrogen-bond acceptors (Lipinski definition) is 4. The first-order valence-electron chi connectivity index (χ1n) is 9.61. The first kappa shape index (κ1) is 19.1. The predicted octanol–water partition coefficient (Wildman–Crippen LogP) is 4.69. The van der Waals surface area contributed by atoms with Crippen LogP contribution in [0.1, 0.15) is 12.8 Å². The standard InChI is InChI=1S/C22H22N4O2S/c27-20(24-18-6-2-1-3-7-18)17-5-4-13-26(15-17)22(28)25-19-10-8-16(9-11-19)21-23-12-14-29-21/h1-3,6-12,14,17H,4-5,13,15H2,(H,24,27)(H,25,28)/t17-/m1/s1. The Bertz CT molecular complexity index is 958. The van der Waals surface area contributed by atoms with Gasteiger partial charge >= 0.3 is 6.03 Å². The van der Waals surface area contributed by atoms with E-state index in [2.05, 4.69) is 15.6 Å². The zero-order valence-electron chi connectivity index (χ0n) is 15.9. The van der Waals surface area contributed by atoms with Crippen LogP contribution in [0.15, 0.2) is 66.2 Å². The van der Waals surface area contributed by atoms with Crippen molar-refractivity contribution in [1.82, 2.24) is 9.88 Å². The van der Waals surface area contributed by atoms with E-state index in [1.165, 1.54) is 0 Å². The smallest absolute Gasteiger partial charge is 0.321 e. The lowest BCUT2D eigenvalue weighted by Gasteiger charge is -2.32. The quantitative estimate of drug-likeness (QED) is 0.660. The molecule has 0 radical (unpaired) electrons. The molecule has 7 heteroatoms. The summed E-state index contributed by atoms with van der Waals surface area (Å²) in [7, 11) is 0. The van der Waals surface area contributed by atoms with Crippen molar-refractivity contribution in [3.05, 3.63) is 66.2 Å². The highest BCUT2D eigenvalue weighted by Gasteiger charge is 2.28. The maximum atomic E-state index is 12.7. The molecule has 1 aromatic heterocycles. The third kappa shape index (κ3) is 4.81. The molecule has 29 heavy (non-hydrogen) atoms. The average Bonchev–Trinajstić information content (AvgIpc) is 3.30. The second kappa shape index (κ2) is 8.87. The highest BCUT2D eigenvalue weighted by Crippen LogP contribution is 2.24. The number of nitrogens with zero attached hydrogens (tertiary/aromatic N) is 2. The fourth-order valence-corrected chi connectivity index (χ4v) is 4.05. The summed E-state index contributed by atoms with van der Waals surface area (Å²) < 4.78 is 0. The lowest BCUT2D eigenvalue weighted by molar-refractivity contribution is -0.121. The number of rotatable bonds is 4. The number of amides is 3. The van der Waals surface area contributed by atoms with Crippen molar-refractivity contribution in [3.63, 3.8) is 0 Å². The van der Waals surface area contributed by atoms with Crippen LogP contribution in [0, 0.1) is 5.92 Å². The fraction of sp³-hybridized carbons (Fsp3) is 0.227. The van der Waals surface area contributed by atoms with Gasteiger partial charge in [0.15, 0.2) is 0 Å². The summed E-state index contributed by atoms with van der Waals surface area (Å²) in [6.45, 7) is 1.07. The molecule has 2 aromatic carbocycles. The first-order valence-corrected chi connectivity index (χ1v) is 10.5. The minimum Gasteiger partial charge on any atom is -0.326 e. The maximum absolute atomic E-state index is 12.7. The largest absolute Gasteiger partial charge is 0.326 e. The van der Waals surface area contributed by atoms with E-state index >= 15 is 0 Å². The molecule has 3 amide bonds. The summed E-state index contributed by atoms with van der Waals surface area (Å²) in [5.74, 6) is -0.247. The highest BCUT2D eigenvalue weighted by molar-refractivity contribution is 7.13. The Balaban J connectivity index is 1.34. The molecule has 4 rings (SSSR count). The van der Waals surface area contributed by atoms with Gasteiger partial charge in [-0.15, -0.1) is 11.3 Å². The minimum atomic E-state index is -0.206. The average molecular weight is 407 g/mol. The molecule has 1 saturated heterocycles. The Kier molecular flexibility index (Phi) is 5.86. The van der Waals surface area contributed by atoms with Gasteiger partial charge in [0.25, 0.3) is 0 Å². The summed E-state index contributed by atoms with van der Waals surface area (Å²) in [6, 6.07) is 16.9. The monoisotopic (exact) mass is 406 g/mol. The van der Waals surface area contributed by atoms with Crippen molar-refractivity contribution in [2.75, 3.05) is 23.7 Å². The van der Waals surface area contributed by atoms with Gasteiger partial charge in [-0.2, -0.15) is 0 Å². The summed E-state index contributed by atoms with van der Waals surface area (Å²) in [5, 5.41) is 8.76. The van der Waals surface area contributed by atoms with Crippen molar-refractivity contribution >= 4 is 34.6 Å². The Hall–Kier alpha value is -3.19. The van der Waals surface area contributed by atoms with Gasteiger partial charge in [-0.1, -0.05) is 18.2 Å². The molecule has 148 valence electrons. The van der Waals surface area contributed by atoms with E-state index in [4.69, 9.17) is 0 Å². The van der Waals surface area contributed by atoms with Crippen LogP contribution in [-0.4, -0.2) is 34.9 Å². The molecule has 1 fully saturated rings. The number of aromatic nitrogens is 1. The van der Waals surface area contributed by atoms with Crippen molar-refractivity contribution in [2.45, 2.75) is 12.8 Å². The molecular formula is C22H22N4O2S. The molecule has 1 aliphatic heterocycles. The molecule has 0 aliphatic carbocycles. The molecule has 1 aliphatic rings. The lowest BCUT2D eigenvalue weighted by atomic mass is 9.97. The van der Waals surface area contributed by atoms with E-state index in [0.717, 1.165) is 34.8 Å². The van der Waals surface area contributed by atoms with Gasteiger partial charge in [-0.05, 0) is 49.2 Å². The van der Waals surface area contributed by atoms with Gasteiger partial charge in [-0.3, -0.25) is 4.79 Å². The Morgan fingerprint density at radius 1 is 1.00 bits per heavy atom. The number of urea groups is 1. The van der Waals surface area contributed by atoms with Gasteiger partial charge < -0.3 is 15.5 Å². The van der Waals surface area contributed by atoms with Crippen LogP contribution in [0.25, 0.3) is 10.6 Å². The van der Waals surface area contributed by atoms with Crippen LogP contribution in [0.4, 0.5) is 16.2 Å². The summed E-state index contributed by atoms with van der Waals surface area (Å²) in [5.41, 5.74) is 2.53. The van der Waals surface area contributed by atoms with Crippen LogP contribution < -0.4 is 10.6 Å². The highest BCUT2D eigenvalue weighted by atomic mass is 32.1. The zero-order chi connectivity index (χ0) is 20.1. The van der Waals surface area contributed by atoms with Crippen LogP contribution >= 0.6 is 11.3 Å². The maximum Gasteiger partial charge on any atom is 0.321 e.